The van der Waals surface area contributed by atoms with E-state index < -0.39 is 0 Å². The van der Waals surface area contributed by atoms with Gasteiger partial charge in [0.1, 0.15) is 0 Å². The van der Waals surface area contributed by atoms with Crippen molar-refractivity contribution >= 4 is 10.9 Å². The van der Waals surface area contributed by atoms with E-state index >= 15 is 0 Å². The summed E-state index contributed by atoms with van der Waals surface area (Å²) in [7, 11) is 2.04. The number of nitrogens with zero attached hydrogens (tertiary/aromatic N) is 1. The molecule has 0 bridgehead atoms. The molecule has 15 heavy (non-hydrogen) atoms. The Labute approximate surface area is 89.7 Å². The van der Waals surface area contributed by atoms with Crippen LogP contribution in [0.4, 0.5) is 0 Å². The number of aromatic nitrogens is 1. The molecule has 0 aliphatic heterocycles. The van der Waals surface area contributed by atoms with E-state index in [2.05, 4.69) is 35.9 Å². The van der Waals surface area contributed by atoms with E-state index in [0.717, 1.165) is 5.56 Å². The highest BCUT2D eigenvalue weighted by Gasteiger charge is 2.12. The highest BCUT2D eigenvalue weighted by Crippen LogP contribution is 2.26. The molecule has 1 atom stereocenters. The Morgan fingerprint density at radius 3 is 2.80 bits per heavy atom. The van der Waals surface area contributed by atoms with Gasteiger partial charge in [0.15, 0.2) is 0 Å². The highest BCUT2D eigenvalue weighted by molar-refractivity contribution is 5.87. The van der Waals surface area contributed by atoms with Gasteiger partial charge in [-0.3, -0.25) is 0 Å². The Hall–Kier alpha value is -1.32. The second kappa shape index (κ2) is 3.68. The van der Waals surface area contributed by atoms with Crippen LogP contribution in [0, 0.1) is 6.92 Å². The van der Waals surface area contributed by atoms with Crippen molar-refractivity contribution < 1.29 is 0 Å². The summed E-state index contributed by atoms with van der Waals surface area (Å²) >= 11 is 0. The van der Waals surface area contributed by atoms with Crippen LogP contribution >= 0.6 is 0 Å². The molecule has 0 radical (unpaired) electrons. The van der Waals surface area contributed by atoms with Gasteiger partial charge in [0.05, 0.1) is 5.52 Å². The van der Waals surface area contributed by atoms with E-state index in [9.17, 15) is 0 Å². The van der Waals surface area contributed by atoms with Gasteiger partial charge in [-0.05, 0) is 18.1 Å². The number of benzene rings is 1. The number of hydrogen-bond donors (Lipinski definition) is 2. The van der Waals surface area contributed by atoms with Crippen molar-refractivity contribution in [3.63, 3.8) is 0 Å². The van der Waals surface area contributed by atoms with Crippen LogP contribution in [0.2, 0.25) is 0 Å². The molecule has 3 nitrogen and oxygen atoms in total. The summed E-state index contributed by atoms with van der Waals surface area (Å²) in [4.78, 5) is 0. The molecule has 2 rings (SSSR count). The quantitative estimate of drug-likeness (QED) is 0.776. The van der Waals surface area contributed by atoms with E-state index in [4.69, 9.17) is 11.5 Å². The first-order chi connectivity index (χ1) is 7.15. The molecule has 3 heteroatoms. The lowest BCUT2D eigenvalue weighted by atomic mass is 10.1. The second-order valence-electron chi connectivity index (χ2n) is 4.01. The molecule has 2 aromatic rings. The van der Waals surface area contributed by atoms with Crippen molar-refractivity contribution in [3.8, 4) is 0 Å². The summed E-state index contributed by atoms with van der Waals surface area (Å²) in [6, 6.07) is 6.20. The molecule has 1 aromatic heterocycles. The molecule has 1 aromatic carbocycles. The summed E-state index contributed by atoms with van der Waals surface area (Å²) in [6.07, 6.45) is 2.08. The summed E-state index contributed by atoms with van der Waals surface area (Å²) in [5, 5.41) is 1.22. The molecule has 1 heterocycles. The van der Waals surface area contributed by atoms with Gasteiger partial charge in [-0.2, -0.15) is 0 Å². The fourth-order valence-corrected chi connectivity index (χ4v) is 2.13. The predicted octanol–water partition coefficient (Wildman–Crippen LogP) is 1.45. The van der Waals surface area contributed by atoms with Crippen LogP contribution in [0.25, 0.3) is 10.9 Å². The lowest BCUT2D eigenvalue weighted by Gasteiger charge is -2.06. The van der Waals surface area contributed by atoms with Crippen LogP contribution in [0.15, 0.2) is 24.4 Å². The number of hydrogen-bond acceptors (Lipinski definition) is 2. The molecule has 0 spiro atoms. The van der Waals surface area contributed by atoms with Crippen LogP contribution in [-0.4, -0.2) is 11.1 Å². The van der Waals surface area contributed by atoms with E-state index in [0.29, 0.717) is 6.54 Å². The number of para-hydroxylation sites is 1. The van der Waals surface area contributed by atoms with Gasteiger partial charge in [-0.15, -0.1) is 0 Å². The van der Waals surface area contributed by atoms with Crippen molar-refractivity contribution in [1.82, 2.24) is 4.57 Å². The average molecular weight is 203 g/mol. The van der Waals surface area contributed by atoms with Gasteiger partial charge in [0.25, 0.3) is 0 Å². The van der Waals surface area contributed by atoms with Crippen LogP contribution in [-0.2, 0) is 7.05 Å². The fraction of sp³-hybridized carbons (Fsp3) is 0.333. The average Bonchev–Trinajstić information content (AvgIpc) is 2.56. The number of fused-ring (bicyclic) bond motifs is 1. The summed E-state index contributed by atoms with van der Waals surface area (Å²) in [5.41, 5.74) is 15.2. The smallest absolute Gasteiger partial charge is 0.0510 e. The van der Waals surface area contributed by atoms with Crippen molar-refractivity contribution in [1.29, 1.82) is 0 Å². The molecule has 1 unspecified atom stereocenters. The van der Waals surface area contributed by atoms with Gasteiger partial charge in [0.2, 0.25) is 0 Å². The van der Waals surface area contributed by atoms with Crippen molar-refractivity contribution in [3.05, 3.63) is 35.5 Å². The molecule has 0 saturated heterocycles. The Balaban J connectivity index is 2.73. The lowest BCUT2D eigenvalue weighted by Crippen LogP contribution is -2.20. The standard InChI is InChI=1S/C12H17N3/c1-8-4-3-5-9-10(11(14)6-13)7-15(2)12(8)9/h3-5,7,11H,6,13-14H2,1-2H3. The number of nitrogens with two attached hydrogens (primary N) is 2. The van der Waals surface area contributed by atoms with Crippen LogP contribution in [0.5, 0.6) is 0 Å². The number of aryl methyl sites for hydroxylation is 2. The molecule has 0 fully saturated rings. The maximum atomic E-state index is 5.99. The predicted molar refractivity (Wildman–Crippen MR) is 63.6 cm³/mol. The third-order valence-electron chi connectivity index (χ3n) is 2.89. The molecule has 80 valence electrons. The van der Waals surface area contributed by atoms with Gasteiger partial charge in [-0.25, -0.2) is 0 Å². The molecule has 0 aliphatic rings. The molecular formula is C12H17N3. The molecule has 0 aliphatic carbocycles. The second-order valence-corrected chi connectivity index (χ2v) is 4.01. The minimum absolute atomic E-state index is 0.0736. The molecular weight excluding hydrogens is 186 g/mol. The zero-order chi connectivity index (χ0) is 11.0. The van der Waals surface area contributed by atoms with Crippen molar-refractivity contribution in [2.75, 3.05) is 6.54 Å². The van der Waals surface area contributed by atoms with E-state index in [-0.39, 0.29) is 6.04 Å². The summed E-state index contributed by atoms with van der Waals surface area (Å²) < 4.78 is 2.12. The molecule has 0 saturated carbocycles. The van der Waals surface area contributed by atoms with Crippen LogP contribution in [0.3, 0.4) is 0 Å². The third-order valence-corrected chi connectivity index (χ3v) is 2.89. The maximum Gasteiger partial charge on any atom is 0.0510 e. The minimum Gasteiger partial charge on any atom is -0.350 e. The molecule has 0 amide bonds. The first-order valence-corrected chi connectivity index (χ1v) is 5.15. The van der Waals surface area contributed by atoms with Crippen molar-refractivity contribution in [2.24, 2.45) is 18.5 Å². The maximum absolute atomic E-state index is 5.99. The van der Waals surface area contributed by atoms with E-state index in [1.54, 1.807) is 0 Å². The lowest BCUT2D eigenvalue weighted by molar-refractivity contribution is 0.738. The summed E-state index contributed by atoms with van der Waals surface area (Å²) in [5.74, 6) is 0. The zero-order valence-corrected chi connectivity index (χ0v) is 9.20. The Morgan fingerprint density at radius 1 is 1.40 bits per heavy atom. The zero-order valence-electron chi connectivity index (χ0n) is 9.20. The minimum atomic E-state index is -0.0736. The summed E-state index contributed by atoms with van der Waals surface area (Å²) in [6.45, 7) is 2.59. The SMILES string of the molecule is Cc1cccc2c(C(N)CN)cn(C)c12. The number of rotatable bonds is 2. The van der Waals surface area contributed by atoms with Crippen molar-refractivity contribution in [2.45, 2.75) is 13.0 Å². The van der Waals surface area contributed by atoms with Gasteiger partial charge in [0, 0.05) is 31.2 Å². The van der Waals surface area contributed by atoms with Gasteiger partial charge < -0.3 is 16.0 Å². The fourth-order valence-electron chi connectivity index (χ4n) is 2.13. The highest BCUT2D eigenvalue weighted by atomic mass is 14.9. The third kappa shape index (κ3) is 1.54. The largest absolute Gasteiger partial charge is 0.350 e. The van der Waals surface area contributed by atoms with E-state index in [1.807, 2.05) is 7.05 Å². The Morgan fingerprint density at radius 2 is 2.13 bits per heavy atom. The van der Waals surface area contributed by atoms with Crippen LogP contribution < -0.4 is 11.5 Å². The molecule has 4 N–H and O–H groups in total. The van der Waals surface area contributed by atoms with Gasteiger partial charge in [-0.1, -0.05) is 18.2 Å². The Kier molecular flexibility index (Phi) is 2.50. The first-order valence-electron chi connectivity index (χ1n) is 5.15. The monoisotopic (exact) mass is 203 g/mol. The topological polar surface area (TPSA) is 57.0 Å². The Bertz CT molecular complexity index is 485. The van der Waals surface area contributed by atoms with E-state index in [1.165, 1.54) is 16.5 Å². The normalized spacial score (nSPS) is 13.3. The first kappa shape index (κ1) is 10.2. The van der Waals surface area contributed by atoms with Crippen LogP contribution in [0.1, 0.15) is 17.2 Å². The van der Waals surface area contributed by atoms with Gasteiger partial charge >= 0.3 is 0 Å².